The van der Waals surface area contributed by atoms with Gasteiger partial charge < -0.3 is 10.6 Å². The third-order valence-corrected chi connectivity index (χ3v) is 3.51. The van der Waals surface area contributed by atoms with Gasteiger partial charge in [0.05, 0.1) is 10.7 Å². The van der Waals surface area contributed by atoms with Crippen molar-refractivity contribution in [2.75, 3.05) is 13.6 Å². The van der Waals surface area contributed by atoms with Crippen LogP contribution in [0.1, 0.15) is 45.3 Å². The number of hydrogen-bond donors (Lipinski definition) is 2. The third kappa shape index (κ3) is 6.88. The number of nitrogens with one attached hydrogen (secondary N) is 2. The van der Waals surface area contributed by atoms with Gasteiger partial charge in [-0.1, -0.05) is 20.8 Å². The van der Waals surface area contributed by atoms with Crippen LogP contribution in [0.15, 0.2) is 10.4 Å². The van der Waals surface area contributed by atoms with Crippen LogP contribution in [0, 0.1) is 0 Å². The molecular formula is C14H27IN4S. The lowest BCUT2D eigenvalue weighted by Gasteiger charge is -2.14. The van der Waals surface area contributed by atoms with Crippen LogP contribution in [0.25, 0.3) is 0 Å². The van der Waals surface area contributed by atoms with Crippen molar-refractivity contribution in [2.45, 2.75) is 52.5 Å². The summed E-state index contributed by atoms with van der Waals surface area (Å²) in [5.41, 5.74) is 1.31. The van der Waals surface area contributed by atoms with Gasteiger partial charge in [0, 0.05) is 36.9 Å². The molecule has 1 aromatic heterocycles. The van der Waals surface area contributed by atoms with Crippen molar-refractivity contribution in [3.05, 3.63) is 16.1 Å². The van der Waals surface area contributed by atoms with Crippen LogP contribution in [-0.4, -0.2) is 30.6 Å². The SMILES string of the molecule is CN=C(NCCc1nc(C(C)(C)C)cs1)NC(C)C.I. The molecule has 1 aromatic rings. The fraction of sp³-hybridized carbons (Fsp3) is 0.714. The predicted molar refractivity (Wildman–Crippen MR) is 99.6 cm³/mol. The van der Waals surface area contributed by atoms with E-state index in [1.807, 2.05) is 0 Å². The summed E-state index contributed by atoms with van der Waals surface area (Å²) in [7, 11) is 1.79. The molecule has 2 N–H and O–H groups in total. The zero-order valence-electron chi connectivity index (χ0n) is 13.3. The molecule has 6 heteroatoms. The second-order valence-electron chi connectivity index (χ2n) is 5.92. The van der Waals surface area contributed by atoms with E-state index in [0.717, 1.165) is 18.9 Å². The lowest BCUT2D eigenvalue weighted by molar-refractivity contribution is 0.570. The maximum Gasteiger partial charge on any atom is 0.191 e. The number of hydrogen-bond acceptors (Lipinski definition) is 3. The van der Waals surface area contributed by atoms with E-state index in [0.29, 0.717) is 6.04 Å². The molecule has 0 fully saturated rings. The van der Waals surface area contributed by atoms with E-state index in [4.69, 9.17) is 0 Å². The maximum absolute atomic E-state index is 4.68. The largest absolute Gasteiger partial charge is 0.356 e. The van der Waals surface area contributed by atoms with Gasteiger partial charge in [0.25, 0.3) is 0 Å². The van der Waals surface area contributed by atoms with Gasteiger partial charge in [-0.3, -0.25) is 4.99 Å². The first kappa shape index (κ1) is 19.6. The molecule has 0 atom stereocenters. The summed E-state index contributed by atoms with van der Waals surface area (Å²) >= 11 is 1.74. The molecule has 0 aliphatic rings. The fourth-order valence-corrected chi connectivity index (χ4v) is 2.55. The molecule has 0 bridgehead atoms. The molecule has 0 saturated carbocycles. The Labute approximate surface area is 143 Å². The number of aromatic nitrogens is 1. The molecule has 0 unspecified atom stereocenters. The van der Waals surface area contributed by atoms with Crippen LogP contribution in [0.3, 0.4) is 0 Å². The Morgan fingerprint density at radius 2 is 2.05 bits per heavy atom. The molecule has 0 saturated heterocycles. The molecule has 0 aliphatic heterocycles. The third-order valence-electron chi connectivity index (χ3n) is 2.60. The first-order valence-corrected chi connectivity index (χ1v) is 7.63. The van der Waals surface area contributed by atoms with Gasteiger partial charge in [0.1, 0.15) is 0 Å². The van der Waals surface area contributed by atoms with Crippen molar-refractivity contribution in [3.8, 4) is 0 Å². The summed E-state index contributed by atoms with van der Waals surface area (Å²) in [5, 5.41) is 9.91. The van der Waals surface area contributed by atoms with Gasteiger partial charge in [-0.2, -0.15) is 0 Å². The minimum atomic E-state index is 0. The highest BCUT2D eigenvalue weighted by Gasteiger charge is 2.17. The van der Waals surface area contributed by atoms with Crippen LogP contribution in [-0.2, 0) is 11.8 Å². The van der Waals surface area contributed by atoms with Gasteiger partial charge >= 0.3 is 0 Å². The Hall–Kier alpha value is -0.370. The fourth-order valence-electron chi connectivity index (χ4n) is 1.53. The van der Waals surface area contributed by atoms with E-state index in [-0.39, 0.29) is 29.4 Å². The van der Waals surface area contributed by atoms with Crippen LogP contribution in [0.5, 0.6) is 0 Å². The Morgan fingerprint density at radius 3 is 2.50 bits per heavy atom. The first-order chi connectivity index (χ1) is 8.82. The Bertz CT molecular complexity index is 421. The lowest BCUT2D eigenvalue weighted by Crippen LogP contribution is -2.41. The number of aliphatic imine (C=N–C) groups is 1. The molecule has 0 amide bonds. The molecule has 1 heterocycles. The van der Waals surface area contributed by atoms with Crippen molar-refractivity contribution in [1.29, 1.82) is 0 Å². The number of guanidine groups is 1. The summed E-state index contributed by atoms with van der Waals surface area (Å²) in [6.07, 6.45) is 0.930. The molecule has 0 spiro atoms. The molecule has 20 heavy (non-hydrogen) atoms. The summed E-state index contributed by atoms with van der Waals surface area (Å²) < 4.78 is 0. The second-order valence-corrected chi connectivity index (χ2v) is 6.87. The molecule has 0 radical (unpaired) electrons. The molecule has 0 aliphatic carbocycles. The van der Waals surface area contributed by atoms with Crippen LogP contribution >= 0.6 is 35.3 Å². The Morgan fingerprint density at radius 1 is 1.40 bits per heavy atom. The number of nitrogens with zero attached hydrogens (tertiary/aromatic N) is 2. The van der Waals surface area contributed by atoms with Crippen molar-refractivity contribution in [1.82, 2.24) is 15.6 Å². The van der Waals surface area contributed by atoms with Crippen LogP contribution in [0.2, 0.25) is 0 Å². The Balaban J connectivity index is 0.00000361. The quantitative estimate of drug-likeness (QED) is 0.456. The topological polar surface area (TPSA) is 49.3 Å². The molecular weight excluding hydrogens is 383 g/mol. The first-order valence-electron chi connectivity index (χ1n) is 6.75. The molecule has 116 valence electrons. The van der Waals surface area contributed by atoms with E-state index in [2.05, 4.69) is 60.6 Å². The van der Waals surface area contributed by atoms with Gasteiger partial charge in [-0.25, -0.2) is 4.98 Å². The second kappa shape index (κ2) is 8.81. The zero-order chi connectivity index (χ0) is 14.5. The maximum atomic E-state index is 4.68. The van der Waals surface area contributed by atoms with Crippen LogP contribution in [0.4, 0.5) is 0 Å². The van der Waals surface area contributed by atoms with Crippen molar-refractivity contribution in [3.63, 3.8) is 0 Å². The van der Waals surface area contributed by atoms with E-state index in [1.54, 1.807) is 18.4 Å². The van der Waals surface area contributed by atoms with Crippen molar-refractivity contribution < 1.29 is 0 Å². The summed E-state index contributed by atoms with van der Waals surface area (Å²) in [5.74, 6) is 0.850. The highest BCUT2D eigenvalue weighted by atomic mass is 127. The number of rotatable bonds is 4. The predicted octanol–water partition coefficient (Wildman–Crippen LogP) is 3.17. The average Bonchev–Trinajstić information content (AvgIpc) is 2.75. The Kier molecular flexibility index (Phi) is 8.65. The normalized spacial score (nSPS) is 12.2. The van der Waals surface area contributed by atoms with Gasteiger partial charge in [0.2, 0.25) is 0 Å². The molecule has 4 nitrogen and oxygen atoms in total. The minimum absolute atomic E-state index is 0. The number of thiazole rings is 1. The lowest BCUT2D eigenvalue weighted by atomic mass is 9.93. The summed E-state index contributed by atoms with van der Waals surface area (Å²) in [6, 6.07) is 0.388. The van der Waals surface area contributed by atoms with E-state index in [1.165, 1.54) is 10.7 Å². The monoisotopic (exact) mass is 410 g/mol. The highest BCUT2D eigenvalue weighted by molar-refractivity contribution is 14.0. The minimum Gasteiger partial charge on any atom is -0.356 e. The zero-order valence-corrected chi connectivity index (χ0v) is 16.4. The van der Waals surface area contributed by atoms with E-state index < -0.39 is 0 Å². The van der Waals surface area contributed by atoms with E-state index in [9.17, 15) is 0 Å². The highest BCUT2D eigenvalue weighted by Crippen LogP contribution is 2.23. The molecule has 1 rings (SSSR count). The van der Waals surface area contributed by atoms with Crippen molar-refractivity contribution in [2.24, 2.45) is 4.99 Å². The standard InChI is InChI=1S/C14H26N4S.HI/c1-10(2)17-13(15-6)16-8-7-12-18-11(9-19-12)14(3,4)5;/h9-10H,7-8H2,1-6H3,(H2,15,16,17);1H. The van der Waals surface area contributed by atoms with Crippen LogP contribution < -0.4 is 10.6 Å². The summed E-state index contributed by atoms with van der Waals surface area (Å²) in [4.78, 5) is 8.86. The van der Waals surface area contributed by atoms with Gasteiger partial charge in [-0.05, 0) is 13.8 Å². The van der Waals surface area contributed by atoms with Gasteiger partial charge in [-0.15, -0.1) is 35.3 Å². The van der Waals surface area contributed by atoms with Crippen molar-refractivity contribution >= 4 is 41.3 Å². The van der Waals surface area contributed by atoms with E-state index >= 15 is 0 Å². The summed E-state index contributed by atoms with van der Waals surface area (Å²) in [6.45, 7) is 11.6. The smallest absolute Gasteiger partial charge is 0.191 e. The molecule has 0 aromatic carbocycles. The van der Waals surface area contributed by atoms with Gasteiger partial charge in [0.15, 0.2) is 5.96 Å². The number of halogens is 1. The average molecular weight is 410 g/mol.